The first kappa shape index (κ1) is 19.5. The number of benzene rings is 2. The van der Waals surface area contributed by atoms with Crippen molar-refractivity contribution < 1.29 is 4.79 Å². The number of anilines is 2. The lowest BCUT2D eigenvalue weighted by Crippen LogP contribution is -2.29. The zero-order valence-electron chi connectivity index (χ0n) is 15.1. The van der Waals surface area contributed by atoms with Crippen LogP contribution >= 0.6 is 34.5 Å². The molecular formula is C21H16Cl2N4OS. The second-order valence-corrected chi connectivity index (χ2v) is 7.94. The smallest absolute Gasteiger partial charge is 0.281 e. The molecule has 0 saturated heterocycles. The number of carbonyl (C=O) groups is 1. The molecule has 4 aromatic rings. The third kappa shape index (κ3) is 4.45. The summed E-state index contributed by atoms with van der Waals surface area (Å²) in [7, 11) is 0. The van der Waals surface area contributed by atoms with Gasteiger partial charge in [-0.1, -0.05) is 41.4 Å². The Labute approximate surface area is 181 Å². The van der Waals surface area contributed by atoms with Crippen molar-refractivity contribution in [1.29, 1.82) is 0 Å². The minimum Gasteiger partial charge on any atom is -0.380 e. The van der Waals surface area contributed by atoms with Gasteiger partial charge < -0.3 is 5.32 Å². The highest BCUT2D eigenvalue weighted by molar-refractivity contribution is 7.12. The normalized spacial score (nSPS) is 10.7. The predicted octanol–water partition coefficient (Wildman–Crippen LogP) is 5.97. The number of hydrogen-bond acceptors (Lipinski definition) is 5. The maximum absolute atomic E-state index is 12.6. The Morgan fingerprint density at radius 2 is 1.90 bits per heavy atom. The molecule has 0 saturated carbocycles. The predicted molar refractivity (Wildman–Crippen MR) is 121 cm³/mol. The number of carbonyl (C=O) groups excluding carboxylic acids is 1. The lowest BCUT2D eigenvalue weighted by molar-refractivity contribution is 0.0967. The molecule has 0 aliphatic heterocycles. The number of nitrogens with zero attached hydrogens (tertiary/aromatic N) is 1. The molecule has 0 bridgehead atoms. The minimum atomic E-state index is -0.242. The van der Waals surface area contributed by atoms with Gasteiger partial charge in [0.05, 0.1) is 26.9 Å². The highest BCUT2D eigenvalue weighted by Crippen LogP contribution is 2.26. The molecule has 0 spiro atoms. The molecule has 2 aromatic heterocycles. The molecule has 0 radical (unpaired) electrons. The van der Waals surface area contributed by atoms with Crippen molar-refractivity contribution in [3.63, 3.8) is 0 Å². The molecule has 5 nitrogen and oxygen atoms in total. The van der Waals surface area contributed by atoms with Crippen LogP contribution in [0.4, 0.5) is 11.4 Å². The largest absolute Gasteiger partial charge is 0.380 e. The van der Waals surface area contributed by atoms with Crippen molar-refractivity contribution in [3.05, 3.63) is 86.7 Å². The zero-order valence-corrected chi connectivity index (χ0v) is 17.4. The number of pyridine rings is 1. The molecule has 4 rings (SSSR count). The van der Waals surface area contributed by atoms with Crippen LogP contribution in [0.5, 0.6) is 0 Å². The number of halogens is 2. The van der Waals surface area contributed by atoms with Crippen LogP contribution in [0.3, 0.4) is 0 Å². The van der Waals surface area contributed by atoms with E-state index < -0.39 is 0 Å². The van der Waals surface area contributed by atoms with Crippen molar-refractivity contribution in [2.24, 2.45) is 0 Å². The Bertz CT molecular complexity index is 1170. The molecule has 0 aliphatic rings. The van der Waals surface area contributed by atoms with Gasteiger partial charge in [0.15, 0.2) is 0 Å². The van der Waals surface area contributed by atoms with Crippen LogP contribution in [0, 0.1) is 0 Å². The number of fused-ring (bicyclic) bond motifs is 1. The molecule has 29 heavy (non-hydrogen) atoms. The molecular weight excluding hydrogens is 427 g/mol. The summed E-state index contributed by atoms with van der Waals surface area (Å²) in [6, 6.07) is 16.9. The van der Waals surface area contributed by atoms with E-state index in [1.165, 1.54) is 11.3 Å². The van der Waals surface area contributed by atoms with E-state index in [4.69, 9.17) is 23.2 Å². The van der Waals surface area contributed by atoms with Gasteiger partial charge in [0.25, 0.3) is 5.91 Å². The van der Waals surface area contributed by atoms with Gasteiger partial charge >= 0.3 is 0 Å². The van der Waals surface area contributed by atoms with Crippen LogP contribution in [-0.4, -0.2) is 10.9 Å². The van der Waals surface area contributed by atoms with Crippen LogP contribution in [0.1, 0.15) is 15.2 Å². The van der Waals surface area contributed by atoms with Gasteiger partial charge in [-0.2, -0.15) is 0 Å². The second kappa shape index (κ2) is 8.69. The van der Waals surface area contributed by atoms with Gasteiger partial charge in [0.2, 0.25) is 0 Å². The second-order valence-electron chi connectivity index (χ2n) is 6.21. The van der Waals surface area contributed by atoms with Crippen LogP contribution in [0.15, 0.2) is 66.2 Å². The topological polar surface area (TPSA) is 66.1 Å². The summed E-state index contributed by atoms with van der Waals surface area (Å²) in [5, 5.41) is 7.18. The molecule has 8 heteroatoms. The summed E-state index contributed by atoms with van der Waals surface area (Å²) < 4.78 is 0. The number of hydrogen-bond donors (Lipinski definition) is 3. The van der Waals surface area contributed by atoms with Gasteiger partial charge in [-0.25, -0.2) is 0 Å². The first-order chi connectivity index (χ1) is 14.1. The van der Waals surface area contributed by atoms with Crippen molar-refractivity contribution in [2.75, 3.05) is 10.7 Å². The number of rotatable bonds is 6. The standard InChI is InChI=1S/C21H16Cl2N4OS/c22-16-6-5-14(11-17(16)23)26-27-21(28)20-19(8-10-29-20)25-12-13-7-9-24-18-4-2-1-3-15(13)18/h1-11,25-26H,12H2,(H,27,28). The molecule has 0 unspecified atom stereocenters. The van der Waals surface area contributed by atoms with E-state index in [1.54, 1.807) is 24.4 Å². The summed E-state index contributed by atoms with van der Waals surface area (Å²) in [6.45, 7) is 0.584. The number of aromatic nitrogens is 1. The lowest BCUT2D eigenvalue weighted by atomic mass is 10.1. The summed E-state index contributed by atoms with van der Waals surface area (Å²) in [5.41, 5.74) is 9.01. The first-order valence-corrected chi connectivity index (χ1v) is 10.4. The fraction of sp³-hybridized carbons (Fsp3) is 0.0476. The Balaban J connectivity index is 1.43. The summed E-state index contributed by atoms with van der Waals surface area (Å²) in [5.74, 6) is -0.242. The van der Waals surface area contributed by atoms with Gasteiger partial charge in [0.1, 0.15) is 4.88 Å². The Morgan fingerprint density at radius 1 is 1.03 bits per heavy atom. The maximum atomic E-state index is 12.6. The van der Waals surface area contributed by atoms with Gasteiger partial charge in [-0.05, 0) is 47.3 Å². The quantitative estimate of drug-likeness (QED) is 0.321. The van der Waals surface area contributed by atoms with E-state index >= 15 is 0 Å². The highest BCUT2D eigenvalue weighted by atomic mass is 35.5. The van der Waals surface area contributed by atoms with Gasteiger partial charge in [-0.3, -0.25) is 20.6 Å². The van der Waals surface area contributed by atoms with E-state index in [2.05, 4.69) is 21.2 Å². The number of thiophene rings is 1. The number of para-hydroxylation sites is 1. The molecule has 0 atom stereocenters. The number of amides is 1. The molecule has 146 valence electrons. The minimum absolute atomic E-state index is 0.242. The van der Waals surface area contributed by atoms with Crippen molar-refractivity contribution in [1.82, 2.24) is 10.4 Å². The SMILES string of the molecule is O=C(NNc1ccc(Cl)c(Cl)c1)c1sccc1NCc1ccnc2ccccc12. The molecule has 3 N–H and O–H groups in total. The van der Waals surface area contributed by atoms with Crippen molar-refractivity contribution in [2.45, 2.75) is 6.54 Å². The van der Waals surface area contributed by atoms with E-state index in [0.717, 1.165) is 22.2 Å². The van der Waals surface area contributed by atoms with Crippen LogP contribution in [-0.2, 0) is 6.54 Å². The highest BCUT2D eigenvalue weighted by Gasteiger charge is 2.13. The Hall–Kier alpha value is -2.80. The van der Waals surface area contributed by atoms with Crippen LogP contribution < -0.4 is 16.2 Å². The van der Waals surface area contributed by atoms with E-state index in [1.807, 2.05) is 41.8 Å². The number of nitrogens with one attached hydrogen (secondary N) is 3. The summed E-state index contributed by atoms with van der Waals surface area (Å²) in [6.07, 6.45) is 1.79. The fourth-order valence-electron chi connectivity index (χ4n) is 2.88. The molecule has 2 heterocycles. The van der Waals surface area contributed by atoms with Crippen molar-refractivity contribution in [3.8, 4) is 0 Å². The van der Waals surface area contributed by atoms with Crippen LogP contribution in [0.2, 0.25) is 10.0 Å². The Kier molecular flexibility index (Phi) is 5.85. The van der Waals surface area contributed by atoms with Gasteiger partial charge in [-0.15, -0.1) is 11.3 Å². The van der Waals surface area contributed by atoms with E-state index in [9.17, 15) is 4.79 Å². The Morgan fingerprint density at radius 3 is 2.76 bits per heavy atom. The zero-order chi connectivity index (χ0) is 20.2. The van der Waals surface area contributed by atoms with Gasteiger partial charge in [0, 0.05) is 18.1 Å². The summed E-state index contributed by atoms with van der Waals surface area (Å²) in [4.78, 5) is 17.6. The maximum Gasteiger partial charge on any atom is 0.281 e. The third-order valence-electron chi connectivity index (χ3n) is 4.32. The third-order valence-corrected chi connectivity index (χ3v) is 5.97. The van der Waals surface area contributed by atoms with Crippen molar-refractivity contribution >= 4 is 62.7 Å². The average Bonchev–Trinajstić information content (AvgIpc) is 3.21. The lowest BCUT2D eigenvalue weighted by Gasteiger charge is -2.11. The number of hydrazine groups is 1. The monoisotopic (exact) mass is 442 g/mol. The average molecular weight is 443 g/mol. The molecule has 1 amide bonds. The molecule has 2 aromatic carbocycles. The van der Waals surface area contributed by atoms with E-state index in [0.29, 0.717) is 27.2 Å². The first-order valence-electron chi connectivity index (χ1n) is 8.77. The molecule has 0 aliphatic carbocycles. The fourth-order valence-corrected chi connectivity index (χ4v) is 3.95. The van der Waals surface area contributed by atoms with E-state index in [-0.39, 0.29) is 5.91 Å². The van der Waals surface area contributed by atoms with Crippen LogP contribution in [0.25, 0.3) is 10.9 Å². The molecule has 0 fully saturated rings. The summed E-state index contributed by atoms with van der Waals surface area (Å²) >= 11 is 13.3.